The van der Waals surface area contributed by atoms with Crippen molar-refractivity contribution in [2.45, 2.75) is 26.5 Å². The molecule has 29 heavy (non-hydrogen) atoms. The van der Waals surface area contributed by atoms with E-state index in [9.17, 15) is 9.59 Å². The molecule has 1 heterocycles. The number of ether oxygens (including phenoxy) is 1. The number of hydrogen-bond donors (Lipinski definition) is 2. The average Bonchev–Trinajstić information content (AvgIpc) is 3.16. The van der Waals surface area contributed by atoms with E-state index in [2.05, 4.69) is 15.8 Å². The van der Waals surface area contributed by atoms with Gasteiger partial charge < -0.3 is 19.9 Å². The molecule has 0 aliphatic carbocycles. The fourth-order valence-corrected chi connectivity index (χ4v) is 2.64. The predicted octanol–water partition coefficient (Wildman–Crippen LogP) is 4.30. The van der Waals surface area contributed by atoms with Crippen LogP contribution in [-0.4, -0.2) is 23.0 Å². The lowest BCUT2D eigenvalue weighted by molar-refractivity contribution is 0.0933. The van der Waals surface area contributed by atoms with Crippen LogP contribution in [0.1, 0.15) is 40.5 Å². The van der Waals surface area contributed by atoms with E-state index in [-0.39, 0.29) is 30.2 Å². The first-order chi connectivity index (χ1) is 13.9. The van der Waals surface area contributed by atoms with Crippen LogP contribution in [0, 0.1) is 0 Å². The molecular weight excluding hydrogens is 394 g/mol. The summed E-state index contributed by atoms with van der Waals surface area (Å²) in [4.78, 5) is 24.1. The standard InChI is InChI=1S/C21H20ClN3O4/c1-13(2)23-21(27)19-11-18(29-25-19)12-28-17-8-6-16(7-9-17)24-20(26)14-4-3-5-15(22)10-14/h3-11,13H,12H2,1-2H3,(H,23,27)(H,24,26). The van der Waals surface area contributed by atoms with Crippen molar-refractivity contribution in [3.63, 3.8) is 0 Å². The van der Waals surface area contributed by atoms with Crippen molar-refractivity contribution in [2.75, 3.05) is 5.32 Å². The Morgan fingerprint density at radius 2 is 1.86 bits per heavy atom. The lowest BCUT2D eigenvalue weighted by Gasteiger charge is -2.07. The highest BCUT2D eigenvalue weighted by Crippen LogP contribution is 2.19. The van der Waals surface area contributed by atoms with Crippen molar-refractivity contribution >= 4 is 29.1 Å². The molecule has 0 aliphatic rings. The highest BCUT2D eigenvalue weighted by Gasteiger charge is 2.13. The molecule has 0 spiro atoms. The Kier molecular flexibility index (Phi) is 6.51. The van der Waals surface area contributed by atoms with Gasteiger partial charge in [0.2, 0.25) is 0 Å². The second-order valence-corrected chi connectivity index (χ2v) is 7.02. The van der Waals surface area contributed by atoms with Crippen molar-refractivity contribution < 1.29 is 18.8 Å². The summed E-state index contributed by atoms with van der Waals surface area (Å²) >= 11 is 5.91. The number of nitrogens with one attached hydrogen (secondary N) is 2. The molecule has 0 saturated carbocycles. The summed E-state index contributed by atoms with van der Waals surface area (Å²) in [6.45, 7) is 3.85. The number of nitrogens with zero attached hydrogens (tertiary/aromatic N) is 1. The number of benzene rings is 2. The molecule has 0 atom stereocenters. The van der Waals surface area contributed by atoms with Crippen LogP contribution >= 0.6 is 11.6 Å². The number of hydrogen-bond acceptors (Lipinski definition) is 5. The van der Waals surface area contributed by atoms with Crippen molar-refractivity contribution in [3.8, 4) is 5.75 Å². The van der Waals surface area contributed by atoms with Gasteiger partial charge in [-0.2, -0.15) is 0 Å². The fraction of sp³-hybridized carbons (Fsp3) is 0.190. The van der Waals surface area contributed by atoms with Gasteiger partial charge in [0.1, 0.15) is 12.4 Å². The number of carbonyl (C=O) groups is 2. The highest BCUT2D eigenvalue weighted by atomic mass is 35.5. The van der Waals surface area contributed by atoms with Crippen LogP contribution in [0.3, 0.4) is 0 Å². The van der Waals surface area contributed by atoms with E-state index in [0.29, 0.717) is 27.8 Å². The summed E-state index contributed by atoms with van der Waals surface area (Å²) in [5.41, 5.74) is 1.30. The van der Waals surface area contributed by atoms with Gasteiger partial charge in [0.25, 0.3) is 11.8 Å². The van der Waals surface area contributed by atoms with E-state index in [1.807, 2.05) is 13.8 Å². The van der Waals surface area contributed by atoms with Gasteiger partial charge in [-0.1, -0.05) is 22.8 Å². The van der Waals surface area contributed by atoms with Crippen LogP contribution in [-0.2, 0) is 6.61 Å². The van der Waals surface area contributed by atoms with Gasteiger partial charge in [-0.3, -0.25) is 9.59 Å². The third-order valence-corrected chi connectivity index (χ3v) is 4.03. The van der Waals surface area contributed by atoms with Crippen LogP contribution in [0.5, 0.6) is 5.75 Å². The molecule has 2 N–H and O–H groups in total. The maximum absolute atomic E-state index is 12.2. The van der Waals surface area contributed by atoms with Crippen LogP contribution in [0.25, 0.3) is 0 Å². The average molecular weight is 414 g/mol. The Morgan fingerprint density at radius 3 is 2.55 bits per heavy atom. The molecule has 7 nitrogen and oxygen atoms in total. The number of halogens is 1. The molecule has 0 unspecified atom stereocenters. The normalized spacial score (nSPS) is 10.6. The molecule has 0 fully saturated rings. The molecule has 2 amide bonds. The summed E-state index contributed by atoms with van der Waals surface area (Å²) in [5, 5.41) is 9.77. The van der Waals surface area contributed by atoms with Gasteiger partial charge in [0.15, 0.2) is 11.5 Å². The fourth-order valence-electron chi connectivity index (χ4n) is 2.45. The minimum atomic E-state index is -0.296. The number of anilines is 1. The predicted molar refractivity (Wildman–Crippen MR) is 109 cm³/mol. The van der Waals surface area contributed by atoms with E-state index < -0.39 is 0 Å². The Hall–Kier alpha value is -3.32. The molecule has 0 aliphatic heterocycles. The first-order valence-corrected chi connectivity index (χ1v) is 9.35. The van der Waals surface area contributed by atoms with Crippen molar-refractivity contribution in [1.29, 1.82) is 0 Å². The van der Waals surface area contributed by atoms with Gasteiger partial charge in [-0.15, -0.1) is 0 Å². The minimum absolute atomic E-state index is 0.0109. The summed E-state index contributed by atoms with van der Waals surface area (Å²) in [6.07, 6.45) is 0. The second kappa shape index (κ2) is 9.25. The van der Waals surface area contributed by atoms with Gasteiger partial charge >= 0.3 is 0 Å². The summed E-state index contributed by atoms with van der Waals surface area (Å²) in [6, 6.07) is 15.1. The Labute approximate surface area is 173 Å². The molecule has 0 radical (unpaired) electrons. The molecule has 3 rings (SSSR count). The minimum Gasteiger partial charge on any atom is -0.486 e. The maximum Gasteiger partial charge on any atom is 0.273 e. The third kappa shape index (κ3) is 5.83. The number of carbonyl (C=O) groups excluding carboxylic acids is 2. The first kappa shape index (κ1) is 20.4. The topological polar surface area (TPSA) is 93.5 Å². The highest BCUT2D eigenvalue weighted by molar-refractivity contribution is 6.31. The molecule has 8 heteroatoms. The van der Waals surface area contributed by atoms with Crippen molar-refractivity contribution in [2.24, 2.45) is 0 Å². The Morgan fingerprint density at radius 1 is 1.10 bits per heavy atom. The Balaban J connectivity index is 1.54. The zero-order valence-corrected chi connectivity index (χ0v) is 16.7. The summed E-state index contributed by atoms with van der Waals surface area (Å²) in [5.74, 6) is 0.456. The quantitative estimate of drug-likeness (QED) is 0.602. The van der Waals surface area contributed by atoms with Crippen LogP contribution < -0.4 is 15.4 Å². The van der Waals surface area contributed by atoms with Crippen LogP contribution in [0.4, 0.5) is 5.69 Å². The lowest BCUT2D eigenvalue weighted by atomic mass is 10.2. The van der Waals surface area contributed by atoms with E-state index in [0.717, 1.165) is 0 Å². The Bertz CT molecular complexity index is 999. The van der Waals surface area contributed by atoms with Crippen LogP contribution in [0.2, 0.25) is 5.02 Å². The summed E-state index contributed by atoms with van der Waals surface area (Å²) in [7, 11) is 0. The number of amides is 2. The lowest BCUT2D eigenvalue weighted by Crippen LogP contribution is -2.30. The second-order valence-electron chi connectivity index (χ2n) is 6.58. The largest absolute Gasteiger partial charge is 0.486 e. The molecule has 2 aromatic carbocycles. The zero-order chi connectivity index (χ0) is 20.8. The van der Waals surface area contributed by atoms with Crippen molar-refractivity contribution in [3.05, 3.63) is 76.6 Å². The van der Waals surface area contributed by atoms with E-state index in [1.54, 1.807) is 48.5 Å². The summed E-state index contributed by atoms with van der Waals surface area (Å²) < 4.78 is 10.8. The van der Waals surface area contributed by atoms with E-state index in [4.69, 9.17) is 20.9 Å². The van der Waals surface area contributed by atoms with E-state index in [1.165, 1.54) is 6.07 Å². The molecule has 3 aromatic rings. The van der Waals surface area contributed by atoms with Gasteiger partial charge in [-0.25, -0.2) is 0 Å². The number of rotatable bonds is 7. The van der Waals surface area contributed by atoms with Gasteiger partial charge in [-0.05, 0) is 56.3 Å². The molecular formula is C21H20ClN3O4. The molecule has 150 valence electrons. The third-order valence-electron chi connectivity index (χ3n) is 3.79. The molecule has 0 bridgehead atoms. The first-order valence-electron chi connectivity index (χ1n) is 8.97. The van der Waals surface area contributed by atoms with Gasteiger partial charge in [0.05, 0.1) is 0 Å². The van der Waals surface area contributed by atoms with E-state index >= 15 is 0 Å². The van der Waals surface area contributed by atoms with Gasteiger partial charge in [0, 0.05) is 28.4 Å². The zero-order valence-electron chi connectivity index (χ0n) is 15.9. The number of aromatic nitrogens is 1. The maximum atomic E-state index is 12.2. The molecule has 0 saturated heterocycles. The van der Waals surface area contributed by atoms with Crippen molar-refractivity contribution in [1.82, 2.24) is 10.5 Å². The SMILES string of the molecule is CC(C)NC(=O)c1cc(COc2ccc(NC(=O)c3cccc(Cl)c3)cc2)on1. The molecule has 1 aromatic heterocycles. The monoisotopic (exact) mass is 413 g/mol. The van der Waals surface area contributed by atoms with Crippen LogP contribution in [0.15, 0.2) is 59.1 Å². The smallest absolute Gasteiger partial charge is 0.273 e.